The summed E-state index contributed by atoms with van der Waals surface area (Å²) in [4.78, 5) is 3.29. The van der Waals surface area contributed by atoms with E-state index in [-0.39, 0.29) is 12.5 Å². The minimum Gasteiger partial charge on any atom is -0.485 e. The molecule has 2 aromatic rings. The van der Waals surface area contributed by atoms with Crippen molar-refractivity contribution in [1.29, 1.82) is 0 Å². The van der Waals surface area contributed by atoms with Gasteiger partial charge in [0.05, 0.1) is 19.4 Å². The highest BCUT2D eigenvalue weighted by molar-refractivity contribution is 6.02. The average Bonchev–Trinajstić information content (AvgIpc) is 3.01. The predicted octanol–water partition coefficient (Wildman–Crippen LogP) is 3.01. The van der Waals surface area contributed by atoms with Gasteiger partial charge in [-0.2, -0.15) is 18.3 Å². The molecule has 0 fully saturated rings. The van der Waals surface area contributed by atoms with Crippen LogP contribution in [0.15, 0.2) is 46.9 Å². The Morgan fingerprint density at radius 2 is 2.04 bits per heavy atom. The standard InChI is InChI=1S/C15H16F3N5O/c1-11(8-23-9-19-14(22-23)15(16,17)18)13(21-20-10-24-2)12-6-4-3-5-7-12/h3-7,9-11H,8H2,1-2H3. The first-order chi connectivity index (χ1) is 11.4. The van der Waals surface area contributed by atoms with Gasteiger partial charge in [-0.3, -0.25) is 4.68 Å². The van der Waals surface area contributed by atoms with Gasteiger partial charge in [-0.1, -0.05) is 37.3 Å². The van der Waals surface area contributed by atoms with Gasteiger partial charge in [-0.15, -0.1) is 10.2 Å². The van der Waals surface area contributed by atoms with Crippen molar-refractivity contribution in [3.63, 3.8) is 0 Å². The molecule has 1 aromatic carbocycles. The SMILES string of the molecule is COC=NN=C(c1ccccc1)C(C)Cn1cnc(C(F)(F)F)n1. The lowest BCUT2D eigenvalue weighted by Gasteiger charge is -2.14. The summed E-state index contributed by atoms with van der Waals surface area (Å²) in [5.41, 5.74) is 1.42. The Morgan fingerprint density at radius 1 is 1.33 bits per heavy atom. The van der Waals surface area contributed by atoms with Crippen molar-refractivity contribution in [3.8, 4) is 0 Å². The first-order valence-electron chi connectivity index (χ1n) is 7.06. The monoisotopic (exact) mass is 339 g/mol. The Hall–Kier alpha value is -2.71. The Bertz CT molecular complexity index is 709. The molecule has 0 aliphatic heterocycles. The van der Waals surface area contributed by atoms with E-state index < -0.39 is 12.0 Å². The molecular formula is C15H16F3N5O. The first-order valence-corrected chi connectivity index (χ1v) is 7.06. The van der Waals surface area contributed by atoms with Crippen molar-refractivity contribution in [2.75, 3.05) is 7.11 Å². The number of rotatable bonds is 6. The molecule has 0 aliphatic carbocycles. The minimum atomic E-state index is -4.56. The summed E-state index contributed by atoms with van der Waals surface area (Å²) in [6.07, 6.45) is -2.33. The van der Waals surface area contributed by atoms with E-state index in [9.17, 15) is 13.2 Å². The molecule has 0 aliphatic rings. The minimum absolute atomic E-state index is 0.180. The van der Waals surface area contributed by atoms with Crippen LogP contribution in [-0.4, -0.2) is 34.0 Å². The van der Waals surface area contributed by atoms with Gasteiger partial charge in [-0.25, -0.2) is 4.98 Å². The summed E-state index contributed by atoms with van der Waals surface area (Å²) in [7, 11) is 1.44. The average molecular weight is 339 g/mol. The zero-order chi connectivity index (χ0) is 17.6. The lowest BCUT2D eigenvalue weighted by molar-refractivity contribution is -0.145. The van der Waals surface area contributed by atoms with Crippen molar-refractivity contribution in [2.24, 2.45) is 16.1 Å². The number of benzene rings is 1. The number of halogens is 3. The summed E-state index contributed by atoms with van der Waals surface area (Å²) >= 11 is 0. The molecule has 0 N–H and O–H groups in total. The Balaban J connectivity index is 2.22. The van der Waals surface area contributed by atoms with E-state index in [0.29, 0.717) is 5.71 Å². The summed E-state index contributed by atoms with van der Waals surface area (Å²) < 4.78 is 43.6. The van der Waals surface area contributed by atoms with Crippen LogP contribution in [0.25, 0.3) is 0 Å². The van der Waals surface area contributed by atoms with Gasteiger partial charge in [0.15, 0.2) is 6.40 Å². The molecule has 0 amide bonds. The molecule has 1 atom stereocenters. The van der Waals surface area contributed by atoms with E-state index in [1.54, 1.807) is 0 Å². The number of hydrogen-bond donors (Lipinski definition) is 0. The van der Waals surface area contributed by atoms with Crippen LogP contribution in [-0.2, 0) is 17.5 Å². The van der Waals surface area contributed by atoms with Gasteiger partial charge in [-0.05, 0) is 5.56 Å². The molecule has 2 rings (SSSR count). The molecular weight excluding hydrogens is 323 g/mol. The van der Waals surface area contributed by atoms with Gasteiger partial charge in [0.2, 0.25) is 0 Å². The Morgan fingerprint density at radius 3 is 2.62 bits per heavy atom. The van der Waals surface area contributed by atoms with E-state index >= 15 is 0 Å². The van der Waals surface area contributed by atoms with Crippen molar-refractivity contribution >= 4 is 12.1 Å². The first kappa shape index (κ1) is 17.6. The fraction of sp³-hybridized carbons (Fsp3) is 0.333. The molecule has 9 heteroatoms. The highest BCUT2D eigenvalue weighted by Gasteiger charge is 2.35. The van der Waals surface area contributed by atoms with Gasteiger partial charge >= 0.3 is 6.18 Å². The molecule has 24 heavy (non-hydrogen) atoms. The van der Waals surface area contributed by atoms with E-state index in [2.05, 4.69) is 20.3 Å². The maximum atomic E-state index is 12.6. The second-order valence-corrected chi connectivity index (χ2v) is 5.00. The molecule has 0 spiro atoms. The third kappa shape index (κ3) is 4.64. The van der Waals surface area contributed by atoms with Crippen LogP contribution in [0.2, 0.25) is 0 Å². The third-order valence-corrected chi connectivity index (χ3v) is 3.11. The normalized spacial score (nSPS) is 14.1. The second-order valence-electron chi connectivity index (χ2n) is 5.00. The van der Waals surface area contributed by atoms with Crippen molar-refractivity contribution in [3.05, 3.63) is 48.0 Å². The lowest BCUT2D eigenvalue weighted by Crippen LogP contribution is -2.19. The molecule has 1 heterocycles. The van der Waals surface area contributed by atoms with Gasteiger partial charge in [0.25, 0.3) is 5.82 Å². The summed E-state index contributed by atoms with van der Waals surface area (Å²) in [5.74, 6) is -1.41. The number of aromatic nitrogens is 3. The summed E-state index contributed by atoms with van der Waals surface area (Å²) in [6.45, 7) is 2.00. The van der Waals surface area contributed by atoms with Crippen LogP contribution in [0.5, 0.6) is 0 Å². The molecule has 0 saturated carbocycles. The van der Waals surface area contributed by atoms with E-state index in [4.69, 9.17) is 4.74 Å². The third-order valence-electron chi connectivity index (χ3n) is 3.11. The molecule has 1 aromatic heterocycles. The van der Waals surface area contributed by atoms with Crippen LogP contribution in [0.1, 0.15) is 18.3 Å². The molecule has 0 saturated heterocycles. The van der Waals surface area contributed by atoms with Gasteiger partial charge in [0, 0.05) is 5.92 Å². The van der Waals surface area contributed by atoms with Crippen molar-refractivity contribution in [2.45, 2.75) is 19.6 Å². The quantitative estimate of drug-likeness (QED) is 0.462. The smallest absolute Gasteiger partial charge is 0.453 e. The number of nitrogens with zero attached hydrogens (tertiary/aromatic N) is 5. The largest absolute Gasteiger partial charge is 0.485 e. The maximum Gasteiger partial charge on any atom is 0.453 e. The summed E-state index contributed by atoms with van der Waals surface area (Å²) in [6, 6.07) is 9.24. The Kier molecular flexibility index (Phi) is 5.67. The number of methoxy groups -OCH3 is 1. The van der Waals surface area contributed by atoms with Crippen LogP contribution < -0.4 is 0 Å². The van der Waals surface area contributed by atoms with E-state index in [1.165, 1.54) is 13.5 Å². The van der Waals surface area contributed by atoms with E-state index in [0.717, 1.165) is 16.6 Å². The zero-order valence-corrected chi connectivity index (χ0v) is 13.1. The molecule has 0 radical (unpaired) electrons. The molecule has 6 nitrogen and oxygen atoms in total. The second kappa shape index (κ2) is 7.71. The highest BCUT2D eigenvalue weighted by atomic mass is 19.4. The van der Waals surface area contributed by atoms with Crippen LogP contribution in [0.4, 0.5) is 13.2 Å². The number of hydrogen-bond acceptors (Lipinski definition) is 5. The number of alkyl halides is 3. The fourth-order valence-electron chi connectivity index (χ4n) is 2.06. The van der Waals surface area contributed by atoms with Gasteiger partial charge < -0.3 is 4.74 Å². The van der Waals surface area contributed by atoms with Crippen LogP contribution in [0.3, 0.4) is 0 Å². The topological polar surface area (TPSA) is 64.7 Å². The van der Waals surface area contributed by atoms with Crippen molar-refractivity contribution < 1.29 is 17.9 Å². The van der Waals surface area contributed by atoms with Crippen LogP contribution >= 0.6 is 0 Å². The van der Waals surface area contributed by atoms with Crippen LogP contribution in [0, 0.1) is 5.92 Å². The Labute approximate surface area is 136 Å². The van der Waals surface area contributed by atoms with E-state index in [1.807, 2.05) is 37.3 Å². The summed E-state index contributed by atoms with van der Waals surface area (Å²) in [5, 5.41) is 11.4. The molecule has 1 unspecified atom stereocenters. The van der Waals surface area contributed by atoms with Crippen molar-refractivity contribution in [1.82, 2.24) is 14.8 Å². The fourth-order valence-corrected chi connectivity index (χ4v) is 2.06. The lowest BCUT2D eigenvalue weighted by atomic mass is 9.98. The zero-order valence-electron chi connectivity index (χ0n) is 13.1. The molecule has 128 valence electrons. The predicted molar refractivity (Wildman–Crippen MR) is 82.7 cm³/mol. The highest BCUT2D eigenvalue weighted by Crippen LogP contribution is 2.25. The van der Waals surface area contributed by atoms with Gasteiger partial charge in [0.1, 0.15) is 6.33 Å². The maximum absolute atomic E-state index is 12.6. The molecule has 0 bridgehead atoms. The number of ether oxygens (including phenoxy) is 1.